The molecule has 162 valence electrons. The van der Waals surface area contributed by atoms with Crippen LogP contribution in [0.25, 0.3) is 0 Å². The lowest BCUT2D eigenvalue weighted by Gasteiger charge is -2.37. The Kier molecular flexibility index (Phi) is 11.8. The van der Waals surface area contributed by atoms with Crippen molar-refractivity contribution < 1.29 is 23.9 Å². The summed E-state index contributed by atoms with van der Waals surface area (Å²) in [5.74, 6) is -0.656. The van der Waals surface area contributed by atoms with E-state index in [1.54, 1.807) is 0 Å². The zero-order valence-corrected chi connectivity index (χ0v) is 18.1. The molecule has 6 heteroatoms. The van der Waals surface area contributed by atoms with Gasteiger partial charge in [0.2, 0.25) is 6.41 Å². The number of carbonyl (C=O) groups excluding carboxylic acids is 3. The van der Waals surface area contributed by atoms with Gasteiger partial charge < -0.3 is 14.8 Å². The van der Waals surface area contributed by atoms with Gasteiger partial charge in [-0.25, -0.2) is 4.79 Å². The van der Waals surface area contributed by atoms with Gasteiger partial charge in [0.15, 0.2) is 0 Å². The molecule has 1 amide bonds. The lowest BCUT2D eigenvalue weighted by molar-refractivity contribution is -0.190. The van der Waals surface area contributed by atoms with E-state index >= 15 is 0 Å². The molecule has 0 aliphatic carbocycles. The maximum atomic E-state index is 12.5. The van der Waals surface area contributed by atoms with Crippen LogP contribution in [0, 0.1) is 11.8 Å². The van der Waals surface area contributed by atoms with Crippen LogP contribution in [-0.2, 0) is 23.9 Å². The van der Waals surface area contributed by atoms with Crippen molar-refractivity contribution in [3.05, 3.63) is 0 Å². The number of rotatable bonds is 16. The summed E-state index contributed by atoms with van der Waals surface area (Å²) >= 11 is 0. The average Bonchev–Trinajstić information content (AvgIpc) is 2.65. The highest BCUT2D eigenvalue weighted by Crippen LogP contribution is 2.32. The fourth-order valence-corrected chi connectivity index (χ4v) is 3.65. The van der Waals surface area contributed by atoms with Crippen LogP contribution in [0.1, 0.15) is 91.9 Å². The summed E-state index contributed by atoms with van der Waals surface area (Å²) in [5.41, 5.74) is 0. The molecule has 6 nitrogen and oxygen atoms in total. The molecule has 1 unspecified atom stereocenters. The first-order valence-electron chi connectivity index (χ1n) is 11.0. The lowest BCUT2D eigenvalue weighted by atomic mass is 9.86. The van der Waals surface area contributed by atoms with E-state index in [-0.39, 0.29) is 30.0 Å². The van der Waals surface area contributed by atoms with Crippen molar-refractivity contribution in [1.82, 2.24) is 5.32 Å². The van der Waals surface area contributed by atoms with Crippen molar-refractivity contribution in [3.8, 4) is 0 Å². The van der Waals surface area contributed by atoms with E-state index < -0.39 is 12.0 Å². The van der Waals surface area contributed by atoms with Gasteiger partial charge in [-0.15, -0.1) is 0 Å². The zero-order chi connectivity index (χ0) is 20.9. The zero-order valence-electron chi connectivity index (χ0n) is 18.1. The largest absolute Gasteiger partial charge is 0.461 e. The molecule has 0 bridgehead atoms. The molecule has 0 saturated carbocycles. The number of nitrogens with one attached hydrogen (secondary N) is 1. The van der Waals surface area contributed by atoms with Gasteiger partial charge in [0, 0.05) is 6.42 Å². The Morgan fingerprint density at radius 1 is 1.14 bits per heavy atom. The van der Waals surface area contributed by atoms with Gasteiger partial charge in [-0.2, -0.15) is 0 Å². The minimum atomic E-state index is -0.653. The minimum absolute atomic E-state index is 0.0539. The highest BCUT2D eigenvalue weighted by atomic mass is 16.6. The molecule has 0 radical (unpaired) electrons. The van der Waals surface area contributed by atoms with Crippen molar-refractivity contribution in [2.45, 2.75) is 110 Å². The summed E-state index contributed by atoms with van der Waals surface area (Å²) in [7, 11) is 0. The molecule has 1 aliphatic rings. The monoisotopic (exact) mass is 397 g/mol. The number of hydrogen-bond donors (Lipinski definition) is 1. The Morgan fingerprint density at radius 3 is 2.39 bits per heavy atom. The van der Waals surface area contributed by atoms with Crippen LogP contribution in [0.15, 0.2) is 0 Å². The molecule has 0 aromatic heterocycles. The third-order valence-electron chi connectivity index (χ3n) is 5.46. The van der Waals surface area contributed by atoms with E-state index in [2.05, 4.69) is 19.2 Å². The maximum absolute atomic E-state index is 12.5. The van der Waals surface area contributed by atoms with Crippen LogP contribution in [0.5, 0.6) is 0 Å². The highest BCUT2D eigenvalue weighted by Gasteiger charge is 2.43. The van der Waals surface area contributed by atoms with E-state index in [0.29, 0.717) is 12.8 Å². The van der Waals surface area contributed by atoms with Gasteiger partial charge in [0.25, 0.3) is 0 Å². The summed E-state index contributed by atoms with van der Waals surface area (Å²) in [6.07, 6.45) is 9.87. The smallest absolute Gasteiger partial charge is 0.329 e. The van der Waals surface area contributed by atoms with Gasteiger partial charge in [0.1, 0.15) is 18.2 Å². The van der Waals surface area contributed by atoms with Gasteiger partial charge in [-0.3, -0.25) is 9.59 Å². The second-order valence-electron chi connectivity index (χ2n) is 8.23. The van der Waals surface area contributed by atoms with Crippen molar-refractivity contribution in [1.29, 1.82) is 0 Å². The third kappa shape index (κ3) is 8.19. The van der Waals surface area contributed by atoms with E-state index in [1.807, 2.05) is 13.8 Å². The van der Waals surface area contributed by atoms with Crippen LogP contribution in [-0.4, -0.2) is 36.6 Å². The SMILES string of the molecule is CCCCCC[C@H]1C(=O)O[C@H]1CC(CCCCC)OC(=O)[C@@H](NC=O)C(C)C. The van der Waals surface area contributed by atoms with Crippen LogP contribution in [0.4, 0.5) is 0 Å². The van der Waals surface area contributed by atoms with Crippen molar-refractivity contribution in [2.75, 3.05) is 0 Å². The molecular weight excluding hydrogens is 358 g/mol. The average molecular weight is 398 g/mol. The Balaban J connectivity index is 2.63. The fourth-order valence-electron chi connectivity index (χ4n) is 3.65. The molecule has 28 heavy (non-hydrogen) atoms. The number of cyclic esters (lactones) is 1. The topological polar surface area (TPSA) is 81.7 Å². The highest BCUT2D eigenvalue weighted by molar-refractivity contribution is 5.79. The molecule has 0 spiro atoms. The summed E-state index contributed by atoms with van der Waals surface area (Å²) in [4.78, 5) is 35.2. The molecule has 4 atom stereocenters. The summed E-state index contributed by atoms with van der Waals surface area (Å²) in [6, 6.07) is -0.653. The first-order valence-corrected chi connectivity index (χ1v) is 11.0. The van der Waals surface area contributed by atoms with Crippen LogP contribution < -0.4 is 5.32 Å². The number of ether oxygens (including phenoxy) is 2. The van der Waals surface area contributed by atoms with Crippen molar-refractivity contribution >= 4 is 18.3 Å². The Hall–Kier alpha value is -1.59. The molecule has 1 heterocycles. The number of unbranched alkanes of at least 4 members (excludes halogenated alkanes) is 5. The summed E-state index contributed by atoms with van der Waals surface area (Å²) in [6.45, 7) is 8.03. The number of amides is 1. The molecule has 1 rings (SSSR count). The van der Waals surface area contributed by atoms with Gasteiger partial charge >= 0.3 is 11.9 Å². The number of carbonyl (C=O) groups is 3. The predicted molar refractivity (Wildman–Crippen MR) is 109 cm³/mol. The van der Waals surface area contributed by atoms with E-state index in [9.17, 15) is 14.4 Å². The van der Waals surface area contributed by atoms with Gasteiger partial charge in [-0.05, 0) is 25.2 Å². The molecule has 0 aromatic rings. The summed E-state index contributed by atoms with van der Waals surface area (Å²) in [5, 5.41) is 2.55. The Morgan fingerprint density at radius 2 is 1.82 bits per heavy atom. The first kappa shape index (κ1) is 24.4. The molecule has 0 aromatic carbocycles. The molecule has 1 fully saturated rings. The van der Waals surface area contributed by atoms with Crippen molar-refractivity contribution in [2.24, 2.45) is 11.8 Å². The van der Waals surface area contributed by atoms with E-state index in [1.165, 1.54) is 12.8 Å². The van der Waals surface area contributed by atoms with Gasteiger partial charge in [-0.1, -0.05) is 66.2 Å². The third-order valence-corrected chi connectivity index (χ3v) is 5.46. The number of esters is 2. The quantitative estimate of drug-likeness (QED) is 0.240. The summed E-state index contributed by atoms with van der Waals surface area (Å²) < 4.78 is 11.1. The second kappa shape index (κ2) is 13.6. The van der Waals surface area contributed by atoms with E-state index in [4.69, 9.17) is 9.47 Å². The fraction of sp³-hybridized carbons (Fsp3) is 0.864. The van der Waals surface area contributed by atoms with Crippen LogP contribution in [0.2, 0.25) is 0 Å². The Bertz CT molecular complexity index is 480. The maximum Gasteiger partial charge on any atom is 0.329 e. The molecule has 1 aliphatic heterocycles. The normalized spacial score (nSPS) is 20.8. The van der Waals surface area contributed by atoms with Crippen molar-refractivity contribution in [3.63, 3.8) is 0 Å². The van der Waals surface area contributed by atoms with Crippen LogP contribution >= 0.6 is 0 Å². The first-order chi connectivity index (χ1) is 13.4. The molecular formula is C22H39NO5. The number of hydrogen-bond acceptors (Lipinski definition) is 5. The van der Waals surface area contributed by atoms with E-state index in [0.717, 1.165) is 44.9 Å². The van der Waals surface area contributed by atoms with Crippen LogP contribution in [0.3, 0.4) is 0 Å². The lowest BCUT2D eigenvalue weighted by Crippen LogP contribution is -2.48. The molecule has 1 N–H and O–H groups in total. The second-order valence-corrected chi connectivity index (χ2v) is 8.23. The standard InChI is InChI=1S/C22H39NO5/c1-5-7-9-11-13-18-19(28-21(18)25)14-17(12-10-8-6-2)27-22(26)20(16(3)4)23-15-24/h15-20H,5-14H2,1-4H3,(H,23,24)/t17?,18-,19+,20+/m1/s1. The Labute approximate surface area is 170 Å². The minimum Gasteiger partial charge on any atom is -0.461 e. The van der Waals surface area contributed by atoms with Gasteiger partial charge in [0.05, 0.1) is 5.92 Å². The molecule has 1 saturated heterocycles. The predicted octanol–water partition coefficient (Wildman–Crippen LogP) is 4.15.